The summed E-state index contributed by atoms with van der Waals surface area (Å²) in [7, 11) is 0. The summed E-state index contributed by atoms with van der Waals surface area (Å²) in [6, 6.07) is 10.8. The molecule has 3 heteroatoms. The summed E-state index contributed by atoms with van der Waals surface area (Å²) < 4.78 is 13.6. The number of para-hydroxylation sites is 1. The number of aromatic nitrogens is 1. The van der Waals surface area contributed by atoms with E-state index in [0.717, 1.165) is 16.3 Å². The van der Waals surface area contributed by atoms with Gasteiger partial charge in [-0.05, 0) is 18.2 Å². The Morgan fingerprint density at radius 3 is 2.73 bits per heavy atom. The van der Waals surface area contributed by atoms with Gasteiger partial charge in [0.1, 0.15) is 5.82 Å². The number of hydrogen-bond donors (Lipinski definition) is 1. The van der Waals surface area contributed by atoms with E-state index in [2.05, 4.69) is 4.98 Å². The van der Waals surface area contributed by atoms with E-state index in [1.165, 1.54) is 6.07 Å². The van der Waals surface area contributed by atoms with Crippen LogP contribution < -0.4 is 0 Å². The quantitative estimate of drug-likeness (QED) is 0.586. The van der Waals surface area contributed by atoms with Crippen molar-refractivity contribution < 1.29 is 4.39 Å². The van der Waals surface area contributed by atoms with Crippen molar-refractivity contribution in [1.82, 2.24) is 4.98 Å². The van der Waals surface area contributed by atoms with E-state index in [1.54, 1.807) is 6.07 Å². The van der Waals surface area contributed by atoms with Crippen LogP contribution in [0, 0.1) is 5.82 Å². The van der Waals surface area contributed by atoms with Crippen molar-refractivity contribution in [2.75, 3.05) is 0 Å². The van der Waals surface area contributed by atoms with Gasteiger partial charge >= 0.3 is 0 Å². The van der Waals surface area contributed by atoms with E-state index >= 15 is 0 Å². The van der Waals surface area contributed by atoms with Gasteiger partial charge in [0, 0.05) is 21.3 Å². The Kier molecular flexibility index (Phi) is 1.73. The van der Waals surface area contributed by atoms with Gasteiger partial charge < -0.3 is 4.98 Å². The second-order valence-corrected chi connectivity index (χ2v) is 3.92. The Bertz CT molecular complexity index is 657. The fourth-order valence-corrected chi connectivity index (χ4v) is 2.08. The molecule has 0 spiro atoms. The third-order valence-electron chi connectivity index (χ3n) is 2.53. The number of benzene rings is 2. The van der Waals surface area contributed by atoms with Crippen molar-refractivity contribution in [3.63, 3.8) is 0 Å². The fraction of sp³-hybridized carbons (Fsp3) is 0. The molecule has 0 amide bonds. The van der Waals surface area contributed by atoms with Crippen LogP contribution in [0.4, 0.5) is 4.39 Å². The summed E-state index contributed by atoms with van der Waals surface area (Å²) in [5.41, 5.74) is 1.44. The van der Waals surface area contributed by atoms with Crippen LogP contribution >= 0.6 is 11.6 Å². The Morgan fingerprint density at radius 1 is 1.07 bits per heavy atom. The van der Waals surface area contributed by atoms with E-state index in [-0.39, 0.29) is 5.82 Å². The summed E-state index contributed by atoms with van der Waals surface area (Å²) >= 11 is 5.83. The number of fused-ring (bicyclic) bond motifs is 3. The van der Waals surface area contributed by atoms with Crippen molar-refractivity contribution in [2.45, 2.75) is 0 Å². The van der Waals surface area contributed by atoms with Crippen LogP contribution in [0.2, 0.25) is 5.02 Å². The van der Waals surface area contributed by atoms with Crippen LogP contribution in [0.3, 0.4) is 0 Å². The molecule has 0 bridgehead atoms. The number of nitrogens with one attached hydrogen (secondary N) is 1. The zero-order valence-corrected chi connectivity index (χ0v) is 8.48. The summed E-state index contributed by atoms with van der Waals surface area (Å²) in [6.07, 6.45) is 0. The van der Waals surface area contributed by atoms with Crippen molar-refractivity contribution >= 4 is 33.4 Å². The lowest BCUT2D eigenvalue weighted by atomic mass is 10.1. The van der Waals surface area contributed by atoms with Crippen LogP contribution in [0.1, 0.15) is 0 Å². The van der Waals surface area contributed by atoms with Gasteiger partial charge in [0.15, 0.2) is 0 Å². The lowest BCUT2D eigenvalue weighted by Gasteiger charge is -1.94. The predicted molar refractivity (Wildman–Crippen MR) is 60.8 cm³/mol. The molecule has 0 fully saturated rings. The Labute approximate surface area is 90.5 Å². The van der Waals surface area contributed by atoms with Crippen LogP contribution in [0.5, 0.6) is 0 Å². The second kappa shape index (κ2) is 2.97. The van der Waals surface area contributed by atoms with Crippen molar-refractivity contribution in [3.8, 4) is 0 Å². The largest absolute Gasteiger partial charge is 0.352 e. The molecule has 74 valence electrons. The van der Waals surface area contributed by atoms with Gasteiger partial charge in [0.25, 0.3) is 0 Å². The molecule has 0 unspecified atom stereocenters. The van der Waals surface area contributed by atoms with E-state index < -0.39 is 0 Å². The first-order valence-electron chi connectivity index (χ1n) is 4.61. The zero-order chi connectivity index (χ0) is 10.4. The molecule has 2 aromatic carbocycles. The molecule has 0 atom stereocenters. The predicted octanol–water partition coefficient (Wildman–Crippen LogP) is 4.11. The number of hydrogen-bond acceptors (Lipinski definition) is 0. The molecular weight excluding hydrogens is 213 g/mol. The molecule has 0 aliphatic rings. The molecule has 1 heterocycles. The summed E-state index contributed by atoms with van der Waals surface area (Å²) in [5, 5.41) is 2.24. The number of rotatable bonds is 0. The van der Waals surface area contributed by atoms with Gasteiger partial charge in [-0.2, -0.15) is 0 Å². The monoisotopic (exact) mass is 219 g/mol. The molecule has 0 aliphatic carbocycles. The lowest BCUT2D eigenvalue weighted by Crippen LogP contribution is -1.77. The fourth-order valence-electron chi connectivity index (χ4n) is 1.87. The highest BCUT2D eigenvalue weighted by Crippen LogP contribution is 2.29. The van der Waals surface area contributed by atoms with E-state index in [4.69, 9.17) is 11.6 Å². The van der Waals surface area contributed by atoms with Gasteiger partial charge in [0.2, 0.25) is 0 Å². The normalized spacial score (nSPS) is 11.3. The van der Waals surface area contributed by atoms with Crippen LogP contribution in [0.25, 0.3) is 21.8 Å². The molecular formula is C12H7ClFN. The van der Waals surface area contributed by atoms with Crippen molar-refractivity contribution in [1.29, 1.82) is 0 Å². The minimum atomic E-state index is -0.311. The minimum Gasteiger partial charge on any atom is -0.352 e. The van der Waals surface area contributed by atoms with Crippen molar-refractivity contribution in [2.24, 2.45) is 0 Å². The highest BCUT2D eigenvalue weighted by Gasteiger charge is 2.08. The number of halogens is 2. The highest BCUT2D eigenvalue weighted by atomic mass is 35.5. The maximum absolute atomic E-state index is 13.6. The molecule has 0 saturated carbocycles. The van der Waals surface area contributed by atoms with Crippen LogP contribution in [-0.2, 0) is 0 Å². The van der Waals surface area contributed by atoms with Gasteiger partial charge in [-0.25, -0.2) is 4.39 Å². The van der Waals surface area contributed by atoms with Gasteiger partial charge in [-0.3, -0.25) is 0 Å². The molecule has 0 aliphatic heterocycles. The third kappa shape index (κ3) is 1.22. The topological polar surface area (TPSA) is 15.8 Å². The lowest BCUT2D eigenvalue weighted by molar-refractivity contribution is 0.637. The van der Waals surface area contributed by atoms with Gasteiger partial charge in [0.05, 0.1) is 5.52 Å². The zero-order valence-electron chi connectivity index (χ0n) is 7.72. The number of aromatic amines is 1. The molecule has 1 nitrogen and oxygen atoms in total. The molecule has 0 radical (unpaired) electrons. The Morgan fingerprint density at radius 2 is 1.87 bits per heavy atom. The molecule has 1 N–H and O–H groups in total. The number of H-pyrrole nitrogens is 1. The average molecular weight is 220 g/mol. The summed E-state index contributed by atoms with van der Waals surface area (Å²) in [5.74, 6) is -0.311. The first-order chi connectivity index (χ1) is 7.25. The maximum Gasteiger partial charge on any atom is 0.148 e. The minimum absolute atomic E-state index is 0.311. The average Bonchev–Trinajstić information content (AvgIpc) is 2.57. The smallest absolute Gasteiger partial charge is 0.148 e. The molecule has 15 heavy (non-hydrogen) atoms. The van der Waals surface area contributed by atoms with E-state index in [0.29, 0.717) is 10.5 Å². The van der Waals surface area contributed by atoms with Crippen molar-refractivity contribution in [3.05, 3.63) is 47.2 Å². The van der Waals surface area contributed by atoms with Gasteiger partial charge in [-0.15, -0.1) is 0 Å². The summed E-state index contributed by atoms with van der Waals surface area (Å²) in [4.78, 5) is 3.04. The van der Waals surface area contributed by atoms with Gasteiger partial charge in [-0.1, -0.05) is 29.8 Å². The van der Waals surface area contributed by atoms with E-state index in [9.17, 15) is 4.39 Å². The molecule has 0 saturated heterocycles. The highest BCUT2D eigenvalue weighted by molar-refractivity contribution is 6.31. The Balaban J connectivity index is 2.61. The standard InChI is InChI=1S/C12H7ClFN/c13-7-5-9-8-3-1-2-4-11(8)15-12(9)10(14)6-7/h1-6,15H. The Hall–Kier alpha value is -1.54. The maximum atomic E-state index is 13.6. The first kappa shape index (κ1) is 8.74. The molecule has 3 rings (SSSR count). The van der Waals surface area contributed by atoms with E-state index in [1.807, 2.05) is 24.3 Å². The van der Waals surface area contributed by atoms with Crippen LogP contribution in [-0.4, -0.2) is 4.98 Å². The summed E-state index contributed by atoms with van der Waals surface area (Å²) in [6.45, 7) is 0. The molecule has 1 aromatic heterocycles. The van der Waals surface area contributed by atoms with Crippen LogP contribution in [0.15, 0.2) is 36.4 Å². The molecule has 3 aromatic rings. The second-order valence-electron chi connectivity index (χ2n) is 3.48. The third-order valence-corrected chi connectivity index (χ3v) is 2.75. The first-order valence-corrected chi connectivity index (χ1v) is 4.99. The SMILES string of the molecule is Fc1cc(Cl)cc2c1[nH]c1ccccc12.